The number of ether oxygens (including phenoxy) is 2. The van der Waals surface area contributed by atoms with Gasteiger partial charge in [0.15, 0.2) is 0 Å². The van der Waals surface area contributed by atoms with Crippen molar-refractivity contribution in [3.8, 4) is 11.5 Å². The molecule has 2 aromatic carbocycles. The van der Waals surface area contributed by atoms with E-state index in [1.165, 1.54) is 6.21 Å². The van der Waals surface area contributed by atoms with Gasteiger partial charge >= 0.3 is 5.97 Å². The second-order valence-corrected chi connectivity index (χ2v) is 6.08. The molecule has 0 heterocycles. The molecule has 136 valence electrons. The molecule has 1 N–H and O–H groups in total. The van der Waals surface area contributed by atoms with E-state index in [1.54, 1.807) is 55.6 Å². The van der Waals surface area contributed by atoms with Crippen LogP contribution in [-0.2, 0) is 4.79 Å². The summed E-state index contributed by atoms with van der Waals surface area (Å²) in [6.45, 7) is 3.94. The monoisotopic (exact) mass is 354 g/mol. The first-order valence-electron chi connectivity index (χ1n) is 8.26. The fourth-order valence-electron chi connectivity index (χ4n) is 2.11. The first-order chi connectivity index (χ1) is 12.5. The van der Waals surface area contributed by atoms with Gasteiger partial charge in [-0.15, -0.1) is 0 Å². The van der Waals surface area contributed by atoms with E-state index in [2.05, 4.69) is 10.5 Å². The van der Waals surface area contributed by atoms with Gasteiger partial charge in [0.2, 0.25) is 5.91 Å². The molecule has 0 atom stereocenters. The predicted molar refractivity (Wildman–Crippen MR) is 99.6 cm³/mol. The number of rotatable bonds is 7. The number of amides is 1. The molecule has 0 radical (unpaired) electrons. The summed E-state index contributed by atoms with van der Waals surface area (Å²) in [5.41, 5.74) is 3.69. The van der Waals surface area contributed by atoms with E-state index < -0.39 is 5.97 Å². The maximum atomic E-state index is 12.1. The molecule has 26 heavy (non-hydrogen) atoms. The zero-order valence-electron chi connectivity index (χ0n) is 15.1. The van der Waals surface area contributed by atoms with E-state index in [0.29, 0.717) is 23.5 Å². The highest BCUT2D eigenvalue weighted by atomic mass is 16.5. The first kappa shape index (κ1) is 19.2. The summed E-state index contributed by atoms with van der Waals surface area (Å²) in [4.78, 5) is 23.6. The number of methoxy groups -OCH3 is 1. The van der Waals surface area contributed by atoms with E-state index >= 15 is 0 Å². The smallest absolute Gasteiger partial charge is 0.343 e. The summed E-state index contributed by atoms with van der Waals surface area (Å²) >= 11 is 0. The van der Waals surface area contributed by atoms with Gasteiger partial charge in [-0.3, -0.25) is 4.79 Å². The Hall–Kier alpha value is -3.15. The molecule has 0 bridgehead atoms. The summed E-state index contributed by atoms with van der Waals surface area (Å²) in [5, 5.41) is 3.90. The number of hydrogen-bond donors (Lipinski definition) is 1. The summed E-state index contributed by atoms with van der Waals surface area (Å²) in [5.74, 6) is 0.804. The van der Waals surface area contributed by atoms with Crippen LogP contribution >= 0.6 is 0 Å². The zero-order chi connectivity index (χ0) is 18.9. The van der Waals surface area contributed by atoms with Crippen molar-refractivity contribution in [3.05, 3.63) is 59.7 Å². The number of nitrogens with one attached hydrogen (secondary N) is 1. The van der Waals surface area contributed by atoms with Crippen molar-refractivity contribution in [1.82, 2.24) is 5.43 Å². The average Bonchev–Trinajstić information content (AvgIpc) is 2.62. The van der Waals surface area contributed by atoms with Crippen LogP contribution in [0.25, 0.3) is 0 Å². The van der Waals surface area contributed by atoms with E-state index in [0.717, 1.165) is 5.56 Å². The van der Waals surface area contributed by atoms with Crippen molar-refractivity contribution in [2.45, 2.75) is 20.3 Å². The van der Waals surface area contributed by atoms with Crippen LogP contribution in [0.5, 0.6) is 11.5 Å². The number of carbonyl (C=O) groups is 2. The normalized spacial score (nSPS) is 10.8. The summed E-state index contributed by atoms with van der Waals surface area (Å²) in [6, 6.07) is 13.5. The molecule has 6 nitrogen and oxygen atoms in total. The van der Waals surface area contributed by atoms with Crippen molar-refractivity contribution < 1.29 is 19.1 Å². The molecule has 2 rings (SSSR count). The lowest BCUT2D eigenvalue weighted by atomic mass is 10.1. The van der Waals surface area contributed by atoms with Crippen LogP contribution in [0.4, 0.5) is 0 Å². The number of hydrogen-bond acceptors (Lipinski definition) is 5. The summed E-state index contributed by atoms with van der Waals surface area (Å²) in [7, 11) is 1.56. The molecule has 0 fully saturated rings. The molecule has 0 aromatic heterocycles. The maximum absolute atomic E-state index is 12.1. The Labute approximate surface area is 152 Å². The fraction of sp³-hybridized carbons (Fsp3) is 0.250. The Morgan fingerprint density at radius 3 is 2.23 bits per heavy atom. The lowest BCUT2D eigenvalue weighted by Gasteiger charge is -2.05. The van der Waals surface area contributed by atoms with Crippen LogP contribution in [0.15, 0.2) is 53.6 Å². The molecule has 1 amide bonds. The van der Waals surface area contributed by atoms with Crippen LogP contribution in [0.3, 0.4) is 0 Å². The van der Waals surface area contributed by atoms with Crippen molar-refractivity contribution in [2.75, 3.05) is 7.11 Å². The fourth-order valence-corrected chi connectivity index (χ4v) is 2.11. The third kappa shape index (κ3) is 6.05. The van der Waals surface area contributed by atoms with Gasteiger partial charge in [-0.05, 0) is 60.0 Å². The standard InChI is InChI=1S/C20H22N2O4/c1-14(2)12-19(23)22-21-13-15-4-8-18(9-5-15)26-20(24)16-6-10-17(25-3)11-7-16/h4-11,13-14H,12H2,1-3H3,(H,22,23)/b21-13+. The molecule has 0 spiro atoms. The Kier molecular flexibility index (Phi) is 6.91. The number of esters is 1. The molecule has 0 aliphatic heterocycles. The van der Waals surface area contributed by atoms with Gasteiger partial charge in [0.1, 0.15) is 11.5 Å². The highest BCUT2D eigenvalue weighted by molar-refractivity contribution is 5.91. The third-order valence-electron chi connectivity index (χ3n) is 3.41. The van der Waals surface area contributed by atoms with Gasteiger partial charge in [-0.25, -0.2) is 10.2 Å². The highest BCUT2D eigenvalue weighted by Crippen LogP contribution is 2.16. The molecular weight excluding hydrogens is 332 g/mol. The van der Waals surface area contributed by atoms with E-state index in [-0.39, 0.29) is 11.8 Å². The third-order valence-corrected chi connectivity index (χ3v) is 3.41. The first-order valence-corrected chi connectivity index (χ1v) is 8.26. The summed E-state index contributed by atoms with van der Waals surface area (Å²) < 4.78 is 10.4. The molecule has 0 unspecified atom stereocenters. The Morgan fingerprint density at radius 2 is 1.65 bits per heavy atom. The molecule has 0 saturated carbocycles. The number of benzene rings is 2. The molecule has 0 aliphatic carbocycles. The van der Waals surface area contributed by atoms with Gasteiger partial charge < -0.3 is 9.47 Å². The average molecular weight is 354 g/mol. The van der Waals surface area contributed by atoms with Crippen LogP contribution in [0, 0.1) is 5.92 Å². The lowest BCUT2D eigenvalue weighted by molar-refractivity contribution is -0.121. The quantitative estimate of drug-likeness (QED) is 0.358. The maximum Gasteiger partial charge on any atom is 0.343 e. The minimum Gasteiger partial charge on any atom is -0.497 e. The molecule has 0 saturated heterocycles. The lowest BCUT2D eigenvalue weighted by Crippen LogP contribution is -2.19. The molecular formula is C20H22N2O4. The SMILES string of the molecule is COc1ccc(C(=O)Oc2ccc(/C=N/NC(=O)CC(C)C)cc2)cc1. The van der Waals surface area contributed by atoms with E-state index in [4.69, 9.17) is 9.47 Å². The number of carbonyl (C=O) groups excluding carboxylic acids is 2. The van der Waals surface area contributed by atoms with E-state index in [1.807, 2.05) is 13.8 Å². The summed E-state index contributed by atoms with van der Waals surface area (Å²) in [6.07, 6.45) is 1.96. The Morgan fingerprint density at radius 1 is 1.04 bits per heavy atom. The number of nitrogens with zero attached hydrogens (tertiary/aromatic N) is 1. The second-order valence-electron chi connectivity index (χ2n) is 6.08. The molecule has 0 aliphatic rings. The van der Waals surface area contributed by atoms with Crippen molar-refractivity contribution in [3.63, 3.8) is 0 Å². The van der Waals surface area contributed by atoms with Gasteiger partial charge in [0, 0.05) is 6.42 Å². The predicted octanol–water partition coefficient (Wildman–Crippen LogP) is 3.41. The van der Waals surface area contributed by atoms with Crippen LogP contribution in [-0.4, -0.2) is 25.2 Å². The molecule has 2 aromatic rings. The topological polar surface area (TPSA) is 77.0 Å². The molecule has 6 heteroatoms. The van der Waals surface area contributed by atoms with Crippen LogP contribution < -0.4 is 14.9 Å². The van der Waals surface area contributed by atoms with Gasteiger partial charge in [-0.1, -0.05) is 13.8 Å². The Balaban J connectivity index is 1.90. The second kappa shape index (κ2) is 9.36. The van der Waals surface area contributed by atoms with Crippen molar-refractivity contribution in [2.24, 2.45) is 11.0 Å². The van der Waals surface area contributed by atoms with Crippen molar-refractivity contribution in [1.29, 1.82) is 0 Å². The highest BCUT2D eigenvalue weighted by Gasteiger charge is 2.08. The Bertz CT molecular complexity index is 765. The van der Waals surface area contributed by atoms with Gasteiger partial charge in [0.25, 0.3) is 0 Å². The van der Waals surface area contributed by atoms with Crippen LogP contribution in [0.1, 0.15) is 36.2 Å². The largest absolute Gasteiger partial charge is 0.497 e. The number of hydrazone groups is 1. The zero-order valence-corrected chi connectivity index (χ0v) is 15.1. The minimum absolute atomic E-state index is 0.124. The van der Waals surface area contributed by atoms with Gasteiger partial charge in [-0.2, -0.15) is 5.10 Å². The van der Waals surface area contributed by atoms with E-state index in [9.17, 15) is 9.59 Å². The minimum atomic E-state index is -0.449. The van der Waals surface area contributed by atoms with Crippen molar-refractivity contribution >= 4 is 18.1 Å². The van der Waals surface area contributed by atoms with Gasteiger partial charge in [0.05, 0.1) is 18.9 Å². The van der Waals surface area contributed by atoms with Crippen LogP contribution in [0.2, 0.25) is 0 Å².